The number of carbonyl (C=O) groups is 1. The molecule has 152 valence electrons. The van der Waals surface area contributed by atoms with Crippen LogP contribution in [0.25, 0.3) is 0 Å². The summed E-state index contributed by atoms with van der Waals surface area (Å²) in [4.78, 5) is 14.6. The molecule has 1 heterocycles. The number of likely N-dealkylation sites (tertiary alicyclic amines) is 1. The number of sulfonamides is 1. The van der Waals surface area contributed by atoms with Crippen LogP contribution in [0.2, 0.25) is 0 Å². The molecule has 0 aromatic heterocycles. The molecule has 0 bridgehead atoms. The Morgan fingerprint density at radius 1 is 1.21 bits per heavy atom. The summed E-state index contributed by atoms with van der Waals surface area (Å²) in [6, 6.07) is 14.6. The molecular weight excluding hydrogens is 388 g/mol. The second-order valence-electron chi connectivity index (χ2n) is 7.23. The van der Waals surface area contributed by atoms with E-state index in [1.165, 1.54) is 24.3 Å². The van der Waals surface area contributed by atoms with Crippen LogP contribution in [-0.4, -0.2) is 44.9 Å². The predicted octanol–water partition coefficient (Wildman–Crippen LogP) is 2.01. The number of benzene rings is 2. The minimum absolute atomic E-state index is 0.0928. The van der Waals surface area contributed by atoms with Gasteiger partial charge in [-0.1, -0.05) is 17.7 Å². The summed E-state index contributed by atoms with van der Waals surface area (Å²) in [6.07, 6.45) is 1.65. The van der Waals surface area contributed by atoms with Gasteiger partial charge in [-0.15, -0.1) is 0 Å². The zero-order chi connectivity index (χ0) is 21.0. The minimum Gasteiger partial charge on any atom is -0.340 e. The van der Waals surface area contributed by atoms with Gasteiger partial charge < -0.3 is 10.6 Å². The van der Waals surface area contributed by atoms with Crippen LogP contribution in [0.15, 0.2) is 53.4 Å². The molecule has 1 aliphatic heterocycles. The number of amides is 1. The molecule has 1 saturated heterocycles. The molecule has 29 heavy (non-hydrogen) atoms. The van der Waals surface area contributed by atoms with Crippen LogP contribution < -0.4 is 10.0 Å². The van der Waals surface area contributed by atoms with E-state index < -0.39 is 10.0 Å². The normalized spacial score (nSPS) is 16.9. The van der Waals surface area contributed by atoms with Crippen LogP contribution in [0.5, 0.6) is 0 Å². The van der Waals surface area contributed by atoms with E-state index in [-0.39, 0.29) is 23.4 Å². The summed E-state index contributed by atoms with van der Waals surface area (Å²) in [7, 11) is -3.97. The average molecular weight is 413 g/mol. The molecule has 0 radical (unpaired) electrons. The highest BCUT2D eigenvalue weighted by Crippen LogP contribution is 2.25. The molecule has 2 aromatic rings. The lowest BCUT2D eigenvalue weighted by Gasteiger charge is -2.33. The van der Waals surface area contributed by atoms with Gasteiger partial charge in [-0.05, 0) is 56.2 Å². The first-order chi connectivity index (χ1) is 13.8. The molecule has 0 aliphatic carbocycles. The third-order valence-corrected chi connectivity index (χ3v) is 6.77. The Morgan fingerprint density at radius 2 is 1.86 bits per heavy atom. The average Bonchev–Trinajstić information content (AvgIpc) is 2.72. The highest BCUT2D eigenvalue weighted by atomic mass is 32.2. The van der Waals surface area contributed by atoms with E-state index in [0.29, 0.717) is 24.3 Å². The maximum Gasteiger partial charge on any atom is 0.264 e. The fraction of sp³-hybridized carbons (Fsp3) is 0.333. The zero-order valence-corrected chi connectivity index (χ0v) is 17.1. The Kier molecular flexibility index (Phi) is 6.20. The van der Waals surface area contributed by atoms with Crippen LogP contribution in [0.3, 0.4) is 0 Å². The van der Waals surface area contributed by atoms with Crippen molar-refractivity contribution in [3.63, 3.8) is 0 Å². The summed E-state index contributed by atoms with van der Waals surface area (Å²) in [5.74, 6) is -0.291. The largest absolute Gasteiger partial charge is 0.340 e. The van der Waals surface area contributed by atoms with Gasteiger partial charge in [0.05, 0.1) is 22.2 Å². The quantitative estimate of drug-likeness (QED) is 0.808. The summed E-state index contributed by atoms with van der Waals surface area (Å²) in [5.41, 5.74) is 7.65. The van der Waals surface area contributed by atoms with Crippen molar-refractivity contribution in [2.45, 2.75) is 30.7 Å². The highest BCUT2D eigenvalue weighted by molar-refractivity contribution is 7.92. The topological polar surface area (TPSA) is 108 Å². The number of aryl methyl sites for hydroxylation is 1. The number of hydrogen-bond donors (Lipinski definition) is 1. The van der Waals surface area contributed by atoms with E-state index in [9.17, 15) is 13.2 Å². The Balaban J connectivity index is 1.95. The summed E-state index contributed by atoms with van der Waals surface area (Å²) in [5, 5.41) is 9.02. The molecule has 7 nitrogen and oxygen atoms in total. The van der Waals surface area contributed by atoms with Crippen molar-refractivity contribution in [2.75, 3.05) is 23.9 Å². The van der Waals surface area contributed by atoms with Gasteiger partial charge in [0.25, 0.3) is 10.0 Å². The third kappa shape index (κ3) is 4.75. The number of carbonyl (C=O) groups excluding carboxylic acids is 1. The molecule has 0 saturated carbocycles. The second-order valence-corrected chi connectivity index (χ2v) is 9.09. The molecule has 3 rings (SSSR count). The third-order valence-electron chi connectivity index (χ3n) is 4.98. The highest BCUT2D eigenvalue weighted by Gasteiger charge is 2.30. The monoisotopic (exact) mass is 412 g/mol. The lowest BCUT2D eigenvalue weighted by Crippen LogP contribution is -2.49. The maximum atomic E-state index is 13.3. The molecule has 1 amide bonds. The number of nitriles is 1. The van der Waals surface area contributed by atoms with Crippen molar-refractivity contribution >= 4 is 21.6 Å². The van der Waals surface area contributed by atoms with Gasteiger partial charge in [0, 0.05) is 19.1 Å². The van der Waals surface area contributed by atoms with E-state index >= 15 is 0 Å². The first kappa shape index (κ1) is 20.8. The molecular formula is C21H24N4O3S. The number of anilines is 1. The van der Waals surface area contributed by atoms with Crippen molar-refractivity contribution < 1.29 is 13.2 Å². The zero-order valence-electron chi connectivity index (χ0n) is 16.3. The van der Waals surface area contributed by atoms with Gasteiger partial charge in [-0.3, -0.25) is 9.10 Å². The summed E-state index contributed by atoms with van der Waals surface area (Å²) >= 11 is 0. The molecule has 2 aromatic carbocycles. The van der Waals surface area contributed by atoms with Gasteiger partial charge in [0.2, 0.25) is 5.91 Å². The SMILES string of the molecule is Cc1ccc(S(=O)(=O)N(CC(=O)N2CCC[C@H](N)C2)c2ccc(C#N)cc2)cc1. The summed E-state index contributed by atoms with van der Waals surface area (Å²) < 4.78 is 27.8. The predicted molar refractivity (Wildman–Crippen MR) is 111 cm³/mol. The number of piperidine rings is 1. The lowest BCUT2D eigenvalue weighted by molar-refractivity contribution is -0.130. The fourth-order valence-corrected chi connectivity index (χ4v) is 4.73. The van der Waals surface area contributed by atoms with Gasteiger partial charge in [0.15, 0.2) is 0 Å². The summed E-state index contributed by atoms with van der Waals surface area (Å²) in [6.45, 7) is 2.54. The smallest absolute Gasteiger partial charge is 0.264 e. The Morgan fingerprint density at radius 3 is 2.45 bits per heavy atom. The van der Waals surface area contributed by atoms with Crippen LogP contribution >= 0.6 is 0 Å². The molecule has 1 atom stereocenters. The Hall–Kier alpha value is -2.89. The van der Waals surface area contributed by atoms with Crippen molar-refractivity contribution in [1.82, 2.24) is 4.90 Å². The fourth-order valence-electron chi connectivity index (χ4n) is 3.31. The standard InChI is InChI=1S/C21H24N4O3S/c1-16-4-10-20(11-5-16)29(27,28)25(19-8-6-17(13-22)7-9-19)15-21(26)24-12-2-3-18(23)14-24/h4-11,18H,2-3,12,14-15,23H2,1H3/t18-/m0/s1. The Labute approximate surface area is 171 Å². The molecule has 2 N–H and O–H groups in total. The van der Waals surface area contributed by atoms with Crippen molar-refractivity contribution in [1.29, 1.82) is 5.26 Å². The van der Waals surface area contributed by atoms with Gasteiger partial charge in [-0.25, -0.2) is 8.42 Å². The van der Waals surface area contributed by atoms with Crippen LogP contribution in [0, 0.1) is 18.3 Å². The van der Waals surface area contributed by atoms with Gasteiger partial charge in [-0.2, -0.15) is 5.26 Å². The number of hydrogen-bond acceptors (Lipinski definition) is 5. The maximum absolute atomic E-state index is 13.3. The van der Waals surface area contributed by atoms with Crippen molar-refractivity contribution in [3.05, 3.63) is 59.7 Å². The lowest BCUT2D eigenvalue weighted by atomic mass is 10.1. The van der Waals surface area contributed by atoms with E-state index in [1.807, 2.05) is 13.0 Å². The minimum atomic E-state index is -3.97. The molecule has 1 aliphatic rings. The van der Waals surface area contributed by atoms with Crippen LogP contribution in [0.1, 0.15) is 24.0 Å². The van der Waals surface area contributed by atoms with Crippen molar-refractivity contribution in [3.8, 4) is 6.07 Å². The van der Waals surface area contributed by atoms with E-state index in [0.717, 1.165) is 22.7 Å². The number of nitrogens with zero attached hydrogens (tertiary/aromatic N) is 3. The first-order valence-corrected chi connectivity index (χ1v) is 10.9. The Bertz CT molecular complexity index is 1010. The van der Waals surface area contributed by atoms with E-state index in [1.54, 1.807) is 29.2 Å². The first-order valence-electron chi connectivity index (χ1n) is 9.44. The van der Waals surface area contributed by atoms with Crippen LogP contribution in [-0.2, 0) is 14.8 Å². The molecule has 0 spiro atoms. The molecule has 8 heteroatoms. The van der Waals surface area contributed by atoms with E-state index in [2.05, 4.69) is 0 Å². The van der Waals surface area contributed by atoms with Crippen molar-refractivity contribution in [2.24, 2.45) is 5.73 Å². The number of nitrogens with two attached hydrogens (primary N) is 1. The van der Waals surface area contributed by atoms with Gasteiger partial charge >= 0.3 is 0 Å². The second kappa shape index (κ2) is 8.64. The van der Waals surface area contributed by atoms with E-state index in [4.69, 9.17) is 11.0 Å². The van der Waals surface area contributed by atoms with Crippen LogP contribution in [0.4, 0.5) is 5.69 Å². The molecule has 1 fully saturated rings. The van der Waals surface area contributed by atoms with Gasteiger partial charge in [0.1, 0.15) is 6.54 Å². The number of rotatable bonds is 5. The molecule has 0 unspecified atom stereocenters.